The van der Waals surface area contributed by atoms with Gasteiger partial charge < -0.3 is 9.80 Å². The first-order valence-electron chi connectivity index (χ1n) is 13.9. The van der Waals surface area contributed by atoms with Crippen LogP contribution in [0.2, 0.25) is 20.1 Å². The Bertz CT molecular complexity index is 1980. The molecule has 5 aromatic rings. The molecule has 45 heavy (non-hydrogen) atoms. The van der Waals surface area contributed by atoms with Crippen molar-refractivity contribution < 1.29 is 4.57 Å². The summed E-state index contributed by atoms with van der Waals surface area (Å²) in [4.78, 5) is 23.8. The Morgan fingerprint density at radius 3 is 1.62 bits per heavy atom. The van der Waals surface area contributed by atoms with Crippen molar-refractivity contribution in [3.05, 3.63) is 119 Å². The number of rotatable bonds is 10. The number of hydrogen-bond acceptors (Lipinski definition) is 6. The second-order valence-electron chi connectivity index (χ2n) is 10.1. The zero-order valence-corrected chi connectivity index (χ0v) is 27.1. The van der Waals surface area contributed by atoms with E-state index >= 15 is 0 Å². The minimum absolute atomic E-state index is 0.416. The summed E-state index contributed by atoms with van der Waals surface area (Å²) in [5.41, 5.74) is 3.93. The summed E-state index contributed by atoms with van der Waals surface area (Å²) in [6.45, 7) is 17.9. The topological polar surface area (TPSA) is 66.9 Å². The average molecular weight is 677 g/mol. The monoisotopic (exact) mass is 675 g/mol. The van der Waals surface area contributed by atoms with Gasteiger partial charge in [-0.15, -0.1) is 13.2 Å². The van der Waals surface area contributed by atoms with Crippen LogP contribution in [0, 0.1) is 0 Å². The van der Waals surface area contributed by atoms with Gasteiger partial charge in [-0.05, 0) is 24.3 Å². The first kappa shape index (κ1) is 30.8. The molecule has 0 saturated carbocycles. The maximum atomic E-state index is 6.30. The molecule has 0 amide bonds. The molecule has 0 radical (unpaired) electrons. The molecule has 0 unspecified atom stereocenters. The summed E-state index contributed by atoms with van der Waals surface area (Å²) in [6, 6.07) is 6.90. The molecule has 0 aliphatic carbocycles. The van der Waals surface area contributed by atoms with Crippen molar-refractivity contribution in [1.29, 1.82) is 0 Å². The molecule has 6 rings (SSSR count). The largest absolute Gasteiger partial charge is 0.323 e. The highest BCUT2D eigenvalue weighted by atomic mass is 35.5. The minimum Gasteiger partial charge on any atom is -0.305 e. The van der Waals surface area contributed by atoms with E-state index in [1.807, 2.05) is 61.5 Å². The standard InChI is InChI=1S/C33H27Cl4N8/c1-5-12-42-28(43(13-6-2)31-30(42)38-24-16-20(34)21(35)17-25(24)39-31)10-9-11-29-44(14-7-3)32-33(45(29)15-8-4)41-27-19-23(37)22(36)18-26(27)40-32/h5-11,16-19H,1-4,12-15H2/q+1. The van der Waals surface area contributed by atoms with Crippen molar-refractivity contribution in [2.45, 2.75) is 13.1 Å². The average Bonchev–Trinajstić information content (AvgIpc) is 3.43. The lowest BCUT2D eigenvalue weighted by Gasteiger charge is -2.22. The highest BCUT2D eigenvalue weighted by Crippen LogP contribution is 2.41. The molecule has 0 spiro atoms. The van der Waals surface area contributed by atoms with Gasteiger partial charge in [0.2, 0.25) is 5.82 Å². The van der Waals surface area contributed by atoms with Crippen LogP contribution < -0.4 is 14.4 Å². The van der Waals surface area contributed by atoms with E-state index in [4.69, 9.17) is 66.3 Å². The number of anilines is 2. The first-order valence-corrected chi connectivity index (χ1v) is 15.4. The molecule has 2 aromatic carbocycles. The maximum absolute atomic E-state index is 6.30. The van der Waals surface area contributed by atoms with Crippen LogP contribution in [0.4, 0.5) is 11.6 Å². The van der Waals surface area contributed by atoms with Crippen molar-refractivity contribution in [3.63, 3.8) is 0 Å². The molecule has 0 saturated heterocycles. The Hall–Kier alpha value is -4.21. The number of aromatic nitrogens is 6. The molecule has 1 aliphatic heterocycles. The van der Waals surface area contributed by atoms with E-state index in [9.17, 15) is 0 Å². The van der Waals surface area contributed by atoms with Gasteiger partial charge in [-0.2, -0.15) is 0 Å². The van der Waals surface area contributed by atoms with Crippen LogP contribution in [0.3, 0.4) is 0 Å². The number of benzene rings is 2. The Balaban J connectivity index is 1.51. The third-order valence-electron chi connectivity index (χ3n) is 7.21. The molecular formula is C33H27Cl4N8+. The van der Waals surface area contributed by atoms with Crippen molar-refractivity contribution >= 4 is 97.5 Å². The fourth-order valence-electron chi connectivity index (χ4n) is 5.33. The second kappa shape index (κ2) is 12.7. The number of imidazole rings is 1. The van der Waals surface area contributed by atoms with Gasteiger partial charge in [-0.25, -0.2) is 24.1 Å². The zero-order chi connectivity index (χ0) is 31.8. The number of allylic oxidation sites excluding steroid dienone is 4. The highest BCUT2D eigenvalue weighted by molar-refractivity contribution is 6.43. The van der Waals surface area contributed by atoms with E-state index in [0.29, 0.717) is 91.3 Å². The molecule has 0 fully saturated rings. The van der Waals surface area contributed by atoms with E-state index in [-0.39, 0.29) is 0 Å². The summed E-state index contributed by atoms with van der Waals surface area (Å²) >= 11 is 25.2. The van der Waals surface area contributed by atoms with Crippen LogP contribution in [0.15, 0.2) is 92.9 Å². The van der Waals surface area contributed by atoms with E-state index in [0.717, 1.165) is 11.6 Å². The predicted molar refractivity (Wildman–Crippen MR) is 187 cm³/mol. The minimum atomic E-state index is 0.416. The smallest absolute Gasteiger partial charge is 0.305 e. The highest BCUT2D eigenvalue weighted by Gasteiger charge is 2.33. The van der Waals surface area contributed by atoms with Gasteiger partial charge in [0.1, 0.15) is 11.3 Å². The first-order chi connectivity index (χ1) is 21.8. The van der Waals surface area contributed by atoms with Crippen molar-refractivity contribution in [3.8, 4) is 0 Å². The summed E-state index contributed by atoms with van der Waals surface area (Å²) in [5, 5.41) is 1.66. The molecular weight excluding hydrogens is 650 g/mol. The quantitative estimate of drug-likeness (QED) is 0.109. The number of halogens is 4. The molecule has 226 valence electrons. The SMILES string of the molecule is C=CCN1C(=C/C=C/c2n(CC=C)c3nc4cc(Cl)c(Cl)cc4nc3[n+]2CC=C)N(CC=C)c2nc3cc(Cl)c(Cl)cc3nc21. The van der Waals surface area contributed by atoms with E-state index in [2.05, 4.69) is 26.3 Å². The Morgan fingerprint density at radius 2 is 1.13 bits per heavy atom. The third kappa shape index (κ3) is 5.48. The molecule has 0 bridgehead atoms. The lowest BCUT2D eigenvalue weighted by Crippen LogP contribution is -2.36. The molecule has 12 heteroatoms. The van der Waals surface area contributed by atoms with E-state index in [1.165, 1.54) is 0 Å². The van der Waals surface area contributed by atoms with Gasteiger partial charge in [0.25, 0.3) is 5.65 Å². The number of nitrogens with zero attached hydrogens (tertiary/aromatic N) is 8. The van der Waals surface area contributed by atoms with Crippen molar-refractivity contribution in [1.82, 2.24) is 24.5 Å². The number of fused-ring (bicyclic) bond motifs is 4. The third-order valence-corrected chi connectivity index (χ3v) is 8.65. The summed E-state index contributed by atoms with van der Waals surface area (Å²) in [6.07, 6.45) is 13.3. The van der Waals surface area contributed by atoms with Crippen LogP contribution in [0.25, 0.3) is 39.4 Å². The Labute approximate surface area is 280 Å². The van der Waals surface area contributed by atoms with Crippen LogP contribution >= 0.6 is 46.4 Å². The lowest BCUT2D eigenvalue weighted by molar-refractivity contribution is -0.665. The zero-order valence-electron chi connectivity index (χ0n) is 24.1. The Kier molecular flexibility index (Phi) is 8.66. The van der Waals surface area contributed by atoms with Crippen LogP contribution in [-0.2, 0) is 13.1 Å². The summed E-state index contributed by atoms with van der Waals surface area (Å²) < 4.78 is 4.09. The van der Waals surface area contributed by atoms with Gasteiger partial charge in [-0.3, -0.25) is 0 Å². The fourth-order valence-corrected chi connectivity index (χ4v) is 5.96. The molecule has 3 aromatic heterocycles. The molecule has 4 heterocycles. The van der Waals surface area contributed by atoms with Crippen molar-refractivity contribution in [2.75, 3.05) is 22.9 Å². The van der Waals surface area contributed by atoms with Gasteiger partial charge in [0, 0.05) is 25.2 Å². The normalized spacial score (nSPS) is 12.9. The van der Waals surface area contributed by atoms with E-state index in [1.54, 1.807) is 24.3 Å². The summed E-state index contributed by atoms with van der Waals surface area (Å²) in [7, 11) is 0. The van der Waals surface area contributed by atoms with E-state index < -0.39 is 0 Å². The summed E-state index contributed by atoms with van der Waals surface area (Å²) in [5.74, 6) is 3.06. The van der Waals surface area contributed by atoms with Gasteiger partial charge in [0.05, 0.1) is 44.2 Å². The van der Waals surface area contributed by atoms with Crippen molar-refractivity contribution in [2.24, 2.45) is 0 Å². The predicted octanol–water partition coefficient (Wildman–Crippen LogP) is 8.35. The molecule has 0 N–H and O–H groups in total. The molecule has 1 aliphatic rings. The Morgan fingerprint density at radius 1 is 0.644 bits per heavy atom. The van der Waals surface area contributed by atoms with Crippen LogP contribution in [0.1, 0.15) is 5.82 Å². The molecule has 0 atom stereocenters. The van der Waals surface area contributed by atoms with Crippen LogP contribution in [-0.4, -0.2) is 37.6 Å². The maximum Gasteiger partial charge on any atom is 0.323 e. The lowest BCUT2D eigenvalue weighted by atomic mass is 10.3. The van der Waals surface area contributed by atoms with Crippen LogP contribution in [0.5, 0.6) is 0 Å². The van der Waals surface area contributed by atoms with Gasteiger partial charge >= 0.3 is 5.65 Å². The van der Waals surface area contributed by atoms with Gasteiger partial charge in [0.15, 0.2) is 17.2 Å². The molecule has 8 nitrogen and oxygen atoms in total. The number of hydrogen-bond donors (Lipinski definition) is 0. The second-order valence-corrected chi connectivity index (χ2v) is 11.7. The fraction of sp³-hybridized carbons (Fsp3) is 0.121. The van der Waals surface area contributed by atoms with Gasteiger partial charge in [-0.1, -0.05) is 94.9 Å².